The number of amides is 2. The monoisotopic (exact) mass is 458 g/mol. The van der Waals surface area contributed by atoms with Crippen LogP contribution in [0.5, 0.6) is 17.2 Å². The summed E-state index contributed by atoms with van der Waals surface area (Å²) in [5.41, 5.74) is 1.28. The third-order valence-corrected chi connectivity index (χ3v) is 5.91. The van der Waals surface area contributed by atoms with Crippen molar-refractivity contribution >= 4 is 46.2 Å². The summed E-state index contributed by atoms with van der Waals surface area (Å²) in [4.78, 5) is 27.2. The molecule has 1 aliphatic heterocycles. The Balaban J connectivity index is 1.60. The Labute approximate surface area is 190 Å². The number of hydrogen-bond donors (Lipinski definition) is 1. The van der Waals surface area contributed by atoms with Gasteiger partial charge in [-0.3, -0.25) is 14.5 Å². The summed E-state index contributed by atoms with van der Waals surface area (Å²) >= 11 is 6.59. The molecule has 0 atom stereocenters. The van der Waals surface area contributed by atoms with Crippen molar-refractivity contribution in [3.05, 3.63) is 58.5 Å². The first kappa shape index (κ1) is 22.6. The molecule has 1 aliphatic rings. The van der Waals surface area contributed by atoms with E-state index in [9.17, 15) is 9.59 Å². The summed E-state index contributed by atoms with van der Waals surface area (Å²) < 4.78 is 16.1. The number of carbonyl (C=O) groups is 2. The van der Waals surface area contributed by atoms with Crippen LogP contribution >= 0.6 is 24.0 Å². The van der Waals surface area contributed by atoms with E-state index in [-0.39, 0.29) is 24.9 Å². The first-order valence-electron chi connectivity index (χ1n) is 9.36. The Hall–Kier alpha value is -3.04. The maximum atomic E-state index is 12.7. The number of nitrogens with one attached hydrogen (secondary N) is 1. The number of ether oxygens (including phenoxy) is 3. The van der Waals surface area contributed by atoms with Gasteiger partial charge in [-0.25, -0.2) is 0 Å². The predicted octanol–water partition coefficient (Wildman–Crippen LogP) is 3.34. The van der Waals surface area contributed by atoms with E-state index < -0.39 is 0 Å². The van der Waals surface area contributed by atoms with Crippen molar-refractivity contribution in [2.75, 3.05) is 34.4 Å². The summed E-state index contributed by atoms with van der Waals surface area (Å²) in [6, 6.07) is 12.3. The van der Waals surface area contributed by atoms with Crippen LogP contribution in [0.2, 0.25) is 0 Å². The van der Waals surface area contributed by atoms with Crippen LogP contribution in [0.1, 0.15) is 15.9 Å². The fourth-order valence-electron chi connectivity index (χ4n) is 2.94. The lowest BCUT2D eigenvalue weighted by atomic mass is 10.2. The van der Waals surface area contributed by atoms with E-state index in [0.29, 0.717) is 32.0 Å². The van der Waals surface area contributed by atoms with E-state index in [0.717, 1.165) is 5.56 Å². The molecule has 3 rings (SSSR count). The number of benzene rings is 2. The second kappa shape index (κ2) is 10.3. The van der Waals surface area contributed by atoms with Gasteiger partial charge in [0.25, 0.3) is 11.8 Å². The molecule has 1 fully saturated rings. The molecule has 0 spiro atoms. The average Bonchev–Trinajstić information content (AvgIpc) is 3.05. The van der Waals surface area contributed by atoms with Gasteiger partial charge in [-0.05, 0) is 42.0 Å². The highest BCUT2D eigenvalue weighted by molar-refractivity contribution is 8.26. The lowest BCUT2D eigenvalue weighted by Gasteiger charge is -2.15. The molecule has 0 bridgehead atoms. The largest absolute Gasteiger partial charge is 0.497 e. The van der Waals surface area contributed by atoms with Gasteiger partial charge in [-0.15, -0.1) is 0 Å². The van der Waals surface area contributed by atoms with Crippen LogP contribution in [0, 0.1) is 0 Å². The molecule has 7 nitrogen and oxygen atoms in total. The molecule has 1 N–H and O–H groups in total. The van der Waals surface area contributed by atoms with Gasteiger partial charge in [0.2, 0.25) is 0 Å². The normalized spacial score (nSPS) is 14.7. The van der Waals surface area contributed by atoms with Crippen molar-refractivity contribution < 1.29 is 23.8 Å². The average molecular weight is 459 g/mol. The van der Waals surface area contributed by atoms with E-state index >= 15 is 0 Å². The summed E-state index contributed by atoms with van der Waals surface area (Å²) in [5, 5.41) is 2.80. The summed E-state index contributed by atoms with van der Waals surface area (Å²) in [7, 11) is 4.63. The Morgan fingerprint density at radius 1 is 1.10 bits per heavy atom. The Morgan fingerprint density at radius 3 is 2.58 bits per heavy atom. The minimum Gasteiger partial charge on any atom is -0.497 e. The highest BCUT2D eigenvalue weighted by Gasteiger charge is 2.31. The smallest absolute Gasteiger partial charge is 0.266 e. The van der Waals surface area contributed by atoms with Crippen LogP contribution in [-0.2, 0) is 4.79 Å². The van der Waals surface area contributed by atoms with Crippen LogP contribution in [0.3, 0.4) is 0 Å². The van der Waals surface area contributed by atoms with Gasteiger partial charge in [-0.1, -0.05) is 36.1 Å². The van der Waals surface area contributed by atoms with Crippen LogP contribution in [0.4, 0.5) is 0 Å². The molecular formula is C22H22N2O5S2. The van der Waals surface area contributed by atoms with E-state index in [4.69, 9.17) is 26.4 Å². The zero-order valence-corrected chi connectivity index (χ0v) is 19.0. The second-order valence-corrected chi connectivity index (χ2v) is 8.11. The minimum atomic E-state index is -0.279. The van der Waals surface area contributed by atoms with Crippen LogP contribution in [0.25, 0.3) is 6.08 Å². The third-order valence-electron chi connectivity index (χ3n) is 4.53. The standard InChI is InChI=1S/C22H22N2O5S2/c1-27-16-6-4-5-14(11-16)12-19-21(26)24(22(30)31-19)10-9-23-20(25)15-7-8-17(28-2)18(13-15)29-3/h4-8,11-13H,9-10H2,1-3H3,(H,23,25)/b19-12+. The van der Waals surface area contributed by atoms with Gasteiger partial charge in [0.05, 0.1) is 26.2 Å². The van der Waals surface area contributed by atoms with E-state index in [1.807, 2.05) is 24.3 Å². The first-order valence-corrected chi connectivity index (χ1v) is 10.6. The Bertz CT molecular complexity index is 1040. The van der Waals surface area contributed by atoms with Crippen molar-refractivity contribution in [2.24, 2.45) is 0 Å². The number of methoxy groups -OCH3 is 3. The van der Waals surface area contributed by atoms with E-state index in [1.54, 1.807) is 31.4 Å². The predicted molar refractivity (Wildman–Crippen MR) is 125 cm³/mol. The van der Waals surface area contributed by atoms with Gasteiger partial charge in [0.1, 0.15) is 10.1 Å². The number of carbonyl (C=O) groups excluding carboxylic acids is 2. The quantitative estimate of drug-likeness (QED) is 0.480. The maximum absolute atomic E-state index is 12.7. The van der Waals surface area contributed by atoms with Gasteiger partial charge in [0, 0.05) is 18.7 Å². The summed E-state index contributed by atoms with van der Waals surface area (Å²) in [6.07, 6.45) is 1.78. The molecule has 2 amide bonds. The SMILES string of the molecule is COc1cccc(/C=C2/SC(=S)N(CCNC(=O)c3ccc(OC)c(OC)c3)C2=O)c1. The number of thiocarbonyl (C=S) groups is 1. The van der Waals surface area contributed by atoms with Gasteiger partial charge in [-0.2, -0.15) is 0 Å². The summed E-state index contributed by atoms with van der Waals surface area (Å²) in [5.74, 6) is 1.26. The zero-order chi connectivity index (χ0) is 22.4. The number of thioether (sulfide) groups is 1. The molecule has 1 saturated heterocycles. The molecule has 0 radical (unpaired) electrons. The first-order chi connectivity index (χ1) is 15.0. The van der Waals surface area contributed by atoms with Crippen molar-refractivity contribution in [1.29, 1.82) is 0 Å². The number of hydrogen-bond acceptors (Lipinski definition) is 7. The van der Waals surface area contributed by atoms with Crippen molar-refractivity contribution in [2.45, 2.75) is 0 Å². The van der Waals surface area contributed by atoms with Gasteiger partial charge < -0.3 is 19.5 Å². The molecule has 2 aromatic carbocycles. The molecule has 9 heteroatoms. The molecule has 0 unspecified atom stereocenters. The molecule has 31 heavy (non-hydrogen) atoms. The van der Waals surface area contributed by atoms with Crippen LogP contribution < -0.4 is 19.5 Å². The minimum absolute atomic E-state index is 0.182. The fourth-order valence-corrected chi connectivity index (χ4v) is 4.24. The lowest BCUT2D eigenvalue weighted by Crippen LogP contribution is -2.37. The topological polar surface area (TPSA) is 77.1 Å². The number of rotatable bonds is 8. The van der Waals surface area contributed by atoms with Crippen LogP contribution in [-0.4, -0.2) is 55.5 Å². The van der Waals surface area contributed by atoms with E-state index in [1.165, 1.54) is 30.9 Å². The highest BCUT2D eigenvalue weighted by atomic mass is 32.2. The molecule has 162 valence electrons. The fraction of sp³-hybridized carbons (Fsp3) is 0.227. The summed E-state index contributed by atoms with van der Waals surface area (Å²) in [6.45, 7) is 0.533. The molecular weight excluding hydrogens is 436 g/mol. The zero-order valence-electron chi connectivity index (χ0n) is 17.3. The number of nitrogens with zero attached hydrogens (tertiary/aromatic N) is 1. The van der Waals surface area contributed by atoms with Gasteiger partial charge in [0.15, 0.2) is 11.5 Å². The third kappa shape index (κ3) is 5.36. The van der Waals surface area contributed by atoms with Crippen molar-refractivity contribution in [3.63, 3.8) is 0 Å². The van der Waals surface area contributed by atoms with Crippen molar-refractivity contribution in [3.8, 4) is 17.2 Å². The molecule has 2 aromatic rings. The molecule has 1 heterocycles. The highest BCUT2D eigenvalue weighted by Crippen LogP contribution is 2.32. The molecule has 0 saturated carbocycles. The van der Waals surface area contributed by atoms with Gasteiger partial charge >= 0.3 is 0 Å². The van der Waals surface area contributed by atoms with Crippen LogP contribution in [0.15, 0.2) is 47.4 Å². The van der Waals surface area contributed by atoms with Crippen molar-refractivity contribution in [1.82, 2.24) is 10.2 Å². The second-order valence-electron chi connectivity index (χ2n) is 6.44. The Kier molecular flexibility index (Phi) is 7.54. The Morgan fingerprint density at radius 2 is 1.87 bits per heavy atom. The molecule has 0 aliphatic carbocycles. The van der Waals surface area contributed by atoms with E-state index in [2.05, 4.69) is 5.32 Å². The maximum Gasteiger partial charge on any atom is 0.266 e. The molecule has 0 aromatic heterocycles. The lowest BCUT2D eigenvalue weighted by molar-refractivity contribution is -0.122.